The Bertz CT molecular complexity index is 596. The molecule has 112 valence electrons. The van der Waals surface area contributed by atoms with Gasteiger partial charge in [0, 0.05) is 24.7 Å². The Balaban J connectivity index is 1.81. The van der Waals surface area contributed by atoms with Crippen LogP contribution >= 0.6 is 0 Å². The van der Waals surface area contributed by atoms with Gasteiger partial charge in [-0.25, -0.2) is 0 Å². The summed E-state index contributed by atoms with van der Waals surface area (Å²) in [4.78, 5) is 22.2. The lowest BCUT2D eigenvalue weighted by atomic mass is 9.82. The number of anilines is 2. The molecule has 1 amide bonds. The van der Waals surface area contributed by atoms with Gasteiger partial charge < -0.3 is 15.7 Å². The number of aryl methyl sites for hydroxylation is 1. The van der Waals surface area contributed by atoms with E-state index in [-0.39, 0.29) is 17.7 Å². The second kappa shape index (κ2) is 5.33. The lowest BCUT2D eigenvalue weighted by Crippen LogP contribution is -2.33. The van der Waals surface area contributed by atoms with Gasteiger partial charge in [0.2, 0.25) is 5.91 Å². The van der Waals surface area contributed by atoms with E-state index in [4.69, 9.17) is 0 Å². The average Bonchev–Trinajstić information content (AvgIpc) is 2.41. The maximum atomic E-state index is 11.4. The molecule has 0 saturated heterocycles. The number of rotatable bonds is 4. The normalized spacial score (nSPS) is 23.8. The molecule has 7 heteroatoms. The summed E-state index contributed by atoms with van der Waals surface area (Å²) < 4.78 is 0. The van der Waals surface area contributed by atoms with Crippen molar-refractivity contribution in [1.29, 1.82) is 0 Å². The number of aliphatic hydroxyl groups excluding tert-OH is 1. The van der Waals surface area contributed by atoms with E-state index < -0.39 is 4.92 Å². The molecule has 0 spiro atoms. The topological polar surface area (TPSA) is 104 Å². The molecule has 2 aliphatic rings. The Morgan fingerprint density at radius 3 is 2.81 bits per heavy atom. The van der Waals surface area contributed by atoms with Crippen LogP contribution in [0, 0.1) is 16.0 Å². The summed E-state index contributed by atoms with van der Waals surface area (Å²) in [6.45, 7) is 0.588. The molecular formula is C14H17N3O4. The molecule has 1 aliphatic carbocycles. The van der Waals surface area contributed by atoms with Crippen molar-refractivity contribution >= 4 is 23.0 Å². The maximum absolute atomic E-state index is 11.4. The molecule has 0 radical (unpaired) electrons. The van der Waals surface area contributed by atoms with Crippen molar-refractivity contribution in [2.24, 2.45) is 5.92 Å². The highest BCUT2D eigenvalue weighted by molar-refractivity contribution is 5.95. The van der Waals surface area contributed by atoms with E-state index >= 15 is 0 Å². The summed E-state index contributed by atoms with van der Waals surface area (Å²) in [5.41, 5.74) is 1.89. The molecule has 1 heterocycles. The summed E-state index contributed by atoms with van der Waals surface area (Å²) in [6.07, 6.45) is 2.09. The van der Waals surface area contributed by atoms with Crippen molar-refractivity contribution in [3.63, 3.8) is 0 Å². The average molecular weight is 291 g/mol. The predicted molar refractivity (Wildman–Crippen MR) is 77.3 cm³/mol. The van der Waals surface area contributed by atoms with Crippen molar-refractivity contribution in [2.75, 3.05) is 17.2 Å². The molecule has 0 bridgehead atoms. The molecule has 1 saturated carbocycles. The van der Waals surface area contributed by atoms with E-state index in [1.54, 1.807) is 6.07 Å². The molecule has 3 rings (SSSR count). The minimum atomic E-state index is -0.408. The van der Waals surface area contributed by atoms with Gasteiger partial charge in [-0.2, -0.15) is 0 Å². The maximum Gasteiger partial charge on any atom is 0.292 e. The third kappa shape index (κ3) is 2.82. The van der Waals surface area contributed by atoms with Crippen LogP contribution < -0.4 is 10.6 Å². The van der Waals surface area contributed by atoms with Crippen molar-refractivity contribution in [1.82, 2.24) is 0 Å². The molecule has 0 unspecified atom stereocenters. The number of hydrogen-bond acceptors (Lipinski definition) is 5. The van der Waals surface area contributed by atoms with Crippen LogP contribution in [0.25, 0.3) is 0 Å². The van der Waals surface area contributed by atoms with Gasteiger partial charge in [-0.3, -0.25) is 14.9 Å². The number of nitro groups is 1. The molecule has 1 fully saturated rings. The van der Waals surface area contributed by atoms with Crippen LogP contribution in [0.15, 0.2) is 12.1 Å². The van der Waals surface area contributed by atoms with E-state index in [9.17, 15) is 20.0 Å². The number of carbonyl (C=O) groups excluding carboxylic acids is 1. The lowest BCUT2D eigenvalue weighted by molar-refractivity contribution is -0.384. The Labute approximate surface area is 121 Å². The van der Waals surface area contributed by atoms with Crippen LogP contribution in [-0.4, -0.2) is 28.6 Å². The van der Waals surface area contributed by atoms with E-state index in [1.165, 1.54) is 6.07 Å². The summed E-state index contributed by atoms with van der Waals surface area (Å²) in [5.74, 6) is 0.273. The minimum Gasteiger partial charge on any atom is -0.393 e. The van der Waals surface area contributed by atoms with Gasteiger partial charge in [0.15, 0.2) is 0 Å². The second-order valence-corrected chi connectivity index (χ2v) is 5.70. The Hall–Kier alpha value is -2.15. The lowest BCUT2D eigenvalue weighted by Gasteiger charge is -2.31. The molecule has 7 nitrogen and oxygen atoms in total. The van der Waals surface area contributed by atoms with Gasteiger partial charge >= 0.3 is 0 Å². The van der Waals surface area contributed by atoms with E-state index in [2.05, 4.69) is 10.6 Å². The first kappa shape index (κ1) is 13.8. The van der Waals surface area contributed by atoms with E-state index in [0.29, 0.717) is 36.7 Å². The van der Waals surface area contributed by atoms with Crippen LogP contribution in [0.3, 0.4) is 0 Å². The van der Waals surface area contributed by atoms with Gasteiger partial charge in [-0.05, 0) is 36.8 Å². The molecular weight excluding hydrogens is 274 g/mol. The third-order valence-electron chi connectivity index (χ3n) is 4.11. The van der Waals surface area contributed by atoms with Gasteiger partial charge in [-0.1, -0.05) is 0 Å². The number of benzene rings is 1. The Kier molecular flexibility index (Phi) is 3.50. The summed E-state index contributed by atoms with van der Waals surface area (Å²) in [5, 5.41) is 26.3. The first-order valence-electron chi connectivity index (χ1n) is 7.06. The predicted octanol–water partition coefficient (Wildman–Crippen LogP) is 1.66. The number of nitrogens with zero attached hydrogens (tertiary/aromatic N) is 1. The standard InChI is InChI=1S/C14H17N3O4/c18-10-3-8(4-10)7-15-12-6-11-9(1-2-14(19)16-11)5-13(12)17(20)21/h5-6,8,10,15,18H,1-4,7H2,(H,16,19). The zero-order valence-electron chi connectivity index (χ0n) is 11.5. The van der Waals surface area contributed by atoms with Gasteiger partial charge in [-0.15, -0.1) is 0 Å². The fraction of sp³-hybridized carbons (Fsp3) is 0.500. The van der Waals surface area contributed by atoms with E-state index in [0.717, 1.165) is 18.4 Å². The molecule has 1 aromatic carbocycles. The Morgan fingerprint density at radius 1 is 1.38 bits per heavy atom. The van der Waals surface area contributed by atoms with Crippen LogP contribution in [0.5, 0.6) is 0 Å². The van der Waals surface area contributed by atoms with Crippen molar-refractivity contribution in [2.45, 2.75) is 31.8 Å². The van der Waals surface area contributed by atoms with Gasteiger partial charge in [0.1, 0.15) is 5.69 Å². The first-order chi connectivity index (χ1) is 10.0. The number of amides is 1. The highest BCUT2D eigenvalue weighted by Gasteiger charge is 2.28. The fourth-order valence-electron chi connectivity index (χ4n) is 2.83. The van der Waals surface area contributed by atoms with Gasteiger partial charge in [0.25, 0.3) is 5.69 Å². The van der Waals surface area contributed by atoms with Crippen LogP contribution in [0.1, 0.15) is 24.8 Å². The highest BCUT2D eigenvalue weighted by atomic mass is 16.6. The fourth-order valence-corrected chi connectivity index (χ4v) is 2.83. The minimum absolute atomic E-state index is 0.0322. The number of nitro benzene ring substituents is 1. The number of aliphatic hydroxyl groups is 1. The molecule has 21 heavy (non-hydrogen) atoms. The van der Waals surface area contributed by atoms with Crippen molar-refractivity contribution in [3.8, 4) is 0 Å². The molecule has 1 aromatic rings. The highest BCUT2D eigenvalue weighted by Crippen LogP contribution is 2.35. The summed E-state index contributed by atoms with van der Waals surface area (Å²) in [7, 11) is 0. The van der Waals surface area contributed by atoms with Crippen LogP contribution in [0.2, 0.25) is 0 Å². The quantitative estimate of drug-likeness (QED) is 0.578. The molecule has 3 N–H and O–H groups in total. The van der Waals surface area contributed by atoms with E-state index in [1.807, 2.05) is 0 Å². The smallest absolute Gasteiger partial charge is 0.292 e. The number of hydrogen-bond donors (Lipinski definition) is 3. The van der Waals surface area contributed by atoms with Crippen LogP contribution in [0.4, 0.5) is 17.1 Å². The number of carbonyl (C=O) groups is 1. The zero-order valence-corrected chi connectivity index (χ0v) is 11.5. The number of fused-ring (bicyclic) bond motifs is 1. The zero-order chi connectivity index (χ0) is 15.0. The SMILES string of the molecule is O=C1CCc2cc([N+](=O)[O-])c(NCC3CC(O)C3)cc2N1. The molecule has 1 aliphatic heterocycles. The van der Waals surface area contributed by atoms with Crippen LogP contribution in [-0.2, 0) is 11.2 Å². The summed E-state index contributed by atoms with van der Waals surface area (Å²) in [6, 6.07) is 3.17. The Morgan fingerprint density at radius 2 is 2.14 bits per heavy atom. The monoisotopic (exact) mass is 291 g/mol. The van der Waals surface area contributed by atoms with Crippen molar-refractivity contribution < 1.29 is 14.8 Å². The second-order valence-electron chi connectivity index (χ2n) is 5.70. The molecule has 0 aromatic heterocycles. The third-order valence-corrected chi connectivity index (χ3v) is 4.11. The first-order valence-corrected chi connectivity index (χ1v) is 7.06. The largest absolute Gasteiger partial charge is 0.393 e. The van der Waals surface area contributed by atoms with Crippen molar-refractivity contribution in [3.05, 3.63) is 27.8 Å². The summed E-state index contributed by atoms with van der Waals surface area (Å²) >= 11 is 0. The molecule has 0 atom stereocenters. The van der Waals surface area contributed by atoms with Gasteiger partial charge in [0.05, 0.1) is 11.0 Å². The number of nitrogens with one attached hydrogen (secondary N) is 2.